The topological polar surface area (TPSA) is 20.2 Å². The predicted octanol–water partition coefficient (Wildman–Crippen LogP) is -0.457. The third kappa shape index (κ3) is 1.78. The van der Waals surface area contributed by atoms with E-state index in [0.29, 0.717) is 0 Å². The van der Waals surface area contributed by atoms with E-state index in [1.807, 2.05) is 30.3 Å². The Morgan fingerprint density at radius 3 is 2.11 bits per heavy atom. The lowest BCUT2D eigenvalue weighted by molar-refractivity contribution is 0.607. The quantitative estimate of drug-likeness (QED) is 0.537. The zero-order valence-electron chi connectivity index (χ0n) is 4.83. The highest BCUT2D eigenvalue weighted by atomic mass is 29.2. The van der Waals surface area contributed by atoms with Gasteiger partial charge in [-0.05, 0) is 5.19 Å². The summed E-state index contributed by atoms with van der Waals surface area (Å²) in [7, 11) is 1.78. The molecule has 1 rings (SSSR count). The van der Waals surface area contributed by atoms with Crippen LogP contribution in [0.1, 0.15) is 0 Å². The summed E-state index contributed by atoms with van der Waals surface area (Å²) in [4.78, 5) is 9.04. The largest absolute Gasteiger partial charge is 0.430 e. The van der Waals surface area contributed by atoms with Crippen LogP contribution in [0.25, 0.3) is 0 Å². The van der Waals surface area contributed by atoms with Crippen molar-refractivity contribution in [2.75, 3.05) is 0 Å². The van der Waals surface area contributed by atoms with Gasteiger partial charge in [0.25, 0.3) is 0 Å². The molecule has 1 aromatic rings. The molecule has 0 saturated heterocycles. The average Bonchev–Trinajstić information content (AvgIpc) is 1.90. The van der Waals surface area contributed by atoms with Crippen molar-refractivity contribution in [1.29, 1.82) is 0 Å². The zero-order chi connectivity index (χ0) is 6.69. The fourth-order valence-corrected chi connectivity index (χ4v) is 1.60. The molecule has 0 unspecified atom stereocenters. The van der Waals surface area contributed by atoms with Crippen molar-refractivity contribution in [2.24, 2.45) is 0 Å². The molecule has 0 fully saturated rings. The van der Waals surface area contributed by atoms with Crippen LogP contribution in [0.4, 0.5) is 0 Å². The molecule has 0 spiro atoms. The molecule has 4 radical (unpaired) electrons. The Hall–Kier alpha value is -0.386. The Bertz CT molecular complexity index is 174. The third-order valence-corrected chi connectivity index (χ3v) is 2.79. The van der Waals surface area contributed by atoms with Crippen LogP contribution in [0.15, 0.2) is 30.3 Å². The molecule has 0 saturated carbocycles. The Morgan fingerprint density at radius 1 is 1.22 bits per heavy atom. The molecule has 0 bridgehead atoms. The Labute approximate surface area is 59.3 Å². The summed E-state index contributed by atoms with van der Waals surface area (Å²) >= 11 is 0. The van der Waals surface area contributed by atoms with Crippen LogP contribution in [0, 0.1) is 0 Å². The normalized spacial score (nSPS) is 10.1. The third-order valence-electron chi connectivity index (χ3n) is 1.05. The lowest BCUT2D eigenvalue weighted by atomic mass is 10.4. The summed E-state index contributed by atoms with van der Waals surface area (Å²) in [5, 5.41) is 0.985. The second-order valence-electron chi connectivity index (χ2n) is 1.71. The lowest BCUT2D eigenvalue weighted by Gasteiger charge is -1.97. The van der Waals surface area contributed by atoms with E-state index in [1.54, 1.807) is 0 Å². The Kier molecular flexibility index (Phi) is 2.21. The maximum Gasteiger partial charge on any atom is 0.216 e. The molecule has 1 nitrogen and oxygen atoms in total. The lowest BCUT2D eigenvalue weighted by Crippen LogP contribution is -2.29. The SMILES string of the molecule is O[Si]([Si])c1ccccc1. The minimum absolute atomic E-state index is 0.985. The van der Waals surface area contributed by atoms with E-state index in [1.165, 1.54) is 0 Å². The van der Waals surface area contributed by atoms with E-state index in [-0.39, 0.29) is 0 Å². The fraction of sp³-hybridized carbons (Fsp3) is 0. The molecular formula is C6H6OSi2. The first-order chi connectivity index (χ1) is 4.30. The van der Waals surface area contributed by atoms with Crippen LogP contribution in [0.5, 0.6) is 0 Å². The van der Waals surface area contributed by atoms with E-state index in [0.717, 1.165) is 5.19 Å². The summed E-state index contributed by atoms with van der Waals surface area (Å²) in [5.74, 6) is 0. The molecule has 0 amide bonds. The van der Waals surface area contributed by atoms with Gasteiger partial charge in [-0.25, -0.2) is 0 Å². The van der Waals surface area contributed by atoms with Gasteiger partial charge in [0.15, 0.2) is 0 Å². The van der Waals surface area contributed by atoms with Crippen molar-refractivity contribution < 1.29 is 4.80 Å². The van der Waals surface area contributed by atoms with Gasteiger partial charge in [-0.3, -0.25) is 0 Å². The van der Waals surface area contributed by atoms with E-state index < -0.39 is 8.56 Å². The molecule has 0 heterocycles. The first-order valence-corrected chi connectivity index (χ1v) is 5.58. The summed E-state index contributed by atoms with van der Waals surface area (Å²) in [6.07, 6.45) is 0. The molecule has 1 aromatic carbocycles. The van der Waals surface area contributed by atoms with Gasteiger partial charge < -0.3 is 4.80 Å². The average molecular weight is 150 g/mol. The van der Waals surface area contributed by atoms with Gasteiger partial charge in [0, 0.05) is 0 Å². The van der Waals surface area contributed by atoms with Gasteiger partial charge in [-0.15, -0.1) is 0 Å². The number of hydrogen-bond donors (Lipinski definition) is 1. The Balaban J connectivity index is 2.85. The standard InChI is InChI=1S/C6H6OSi2/c7-9(8)6-4-2-1-3-5-6/h1-5,7H. The van der Waals surface area contributed by atoms with Crippen LogP contribution in [0.2, 0.25) is 0 Å². The maximum absolute atomic E-state index is 9.04. The van der Waals surface area contributed by atoms with Crippen molar-refractivity contribution in [3.05, 3.63) is 30.3 Å². The zero-order valence-corrected chi connectivity index (χ0v) is 6.83. The smallest absolute Gasteiger partial charge is 0.216 e. The summed E-state index contributed by atoms with van der Waals surface area (Å²) in [6.45, 7) is 0. The molecule has 44 valence electrons. The molecule has 1 N–H and O–H groups in total. The summed E-state index contributed by atoms with van der Waals surface area (Å²) < 4.78 is 0. The van der Waals surface area contributed by atoms with Crippen molar-refractivity contribution >= 4 is 23.5 Å². The van der Waals surface area contributed by atoms with Crippen molar-refractivity contribution in [2.45, 2.75) is 0 Å². The summed E-state index contributed by atoms with van der Waals surface area (Å²) in [6, 6.07) is 9.57. The fourth-order valence-electron chi connectivity index (χ4n) is 0.596. The highest BCUT2D eigenvalue weighted by Gasteiger charge is 2.00. The monoisotopic (exact) mass is 150 g/mol. The van der Waals surface area contributed by atoms with Crippen LogP contribution < -0.4 is 5.19 Å². The van der Waals surface area contributed by atoms with Gasteiger partial charge in [0.05, 0.1) is 9.76 Å². The van der Waals surface area contributed by atoms with Crippen LogP contribution in [0.3, 0.4) is 0 Å². The van der Waals surface area contributed by atoms with E-state index >= 15 is 0 Å². The second kappa shape index (κ2) is 2.96. The molecular weight excluding hydrogens is 144 g/mol. The highest BCUT2D eigenvalue weighted by Crippen LogP contribution is 1.81. The van der Waals surface area contributed by atoms with Crippen LogP contribution in [-0.2, 0) is 0 Å². The molecule has 9 heavy (non-hydrogen) atoms. The number of rotatable bonds is 1. The van der Waals surface area contributed by atoms with Gasteiger partial charge in [-0.2, -0.15) is 0 Å². The number of hydrogen-bond acceptors (Lipinski definition) is 1. The van der Waals surface area contributed by atoms with Gasteiger partial charge in [0.1, 0.15) is 0 Å². The molecule has 0 aromatic heterocycles. The van der Waals surface area contributed by atoms with Crippen LogP contribution in [-0.4, -0.2) is 23.1 Å². The van der Waals surface area contributed by atoms with Crippen molar-refractivity contribution in [1.82, 2.24) is 0 Å². The molecule has 0 aliphatic rings. The van der Waals surface area contributed by atoms with E-state index in [9.17, 15) is 0 Å². The van der Waals surface area contributed by atoms with E-state index in [4.69, 9.17) is 4.80 Å². The molecule has 3 heteroatoms. The minimum atomic E-state index is -1.41. The first-order valence-electron chi connectivity index (χ1n) is 2.63. The highest BCUT2D eigenvalue weighted by molar-refractivity contribution is 7.06. The predicted molar refractivity (Wildman–Crippen MR) is 39.8 cm³/mol. The van der Waals surface area contributed by atoms with Crippen LogP contribution >= 0.6 is 0 Å². The minimum Gasteiger partial charge on any atom is -0.430 e. The van der Waals surface area contributed by atoms with Gasteiger partial charge in [0.2, 0.25) is 8.56 Å². The molecule has 0 atom stereocenters. The van der Waals surface area contributed by atoms with E-state index in [2.05, 4.69) is 9.76 Å². The van der Waals surface area contributed by atoms with Crippen molar-refractivity contribution in [3.63, 3.8) is 0 Å². The second-order valence-corrected chi connectivity index (χ2v) is 4.41. The molecule has 0 aliphatic heterocycles. The molecule has 0 aliphatic carbocycles. The first kappa shape index (κ1) is 6.73. The number of benzene rings is 1. The van der Waals surface area contributed by atoms with Gasteiger partial charge >= 0.3 is 0 Å². The maximum atomic E-state index is 9.04. The Morgan fingerprint density at radius 2 is 1.78 bits per heavy atom. The van der Waals surface area contributed by atoms with Gasteiger partial charge in [-0.1, -0.05) is 30.3 Å². The van der Waals surface area contributed by atoms with Crippen molar-refractivity contribution in [3.8, 4) is 0 Å². The summed E-state index contributed by atoms with van der Waals surface area (Å²) in [5.41, 5.74) is 0.